The molecule has 2 aromatic rings. The van der Waals surface area contributed by atoms with Crippen LogP contribution in [0.4, 0.5) is 10.8 Å². The van der Waals surface area contributed by atoms with Crippen molar-refractivity contribution in [2.45, 2.75) is 25.0 Å². The molecule has 1 amide bonds. The number of hydrogen-bond acceptors (Lipinski definition) is 8. The van der Waals surface area contributed by atoms with Crippen molar-refractivity contribution in [2.75, 3.05) is 5.32 Å². The van der Waals surface area contributed by atoms with Crippen molar-refractivity contribution in [2.24, 2.45) is 15.9 Å². The third kappa shape index (κ3) is 3.46. The number of fused-ring (bicyclic) bond motifs is 2. The number of carbonyl (C=O) groups is 1. The van der Waals surface area contributed by atoms with Gasteiger partial charge in [0.25, 0.3) is 5.91 Å². The molecule has 0 spiro atoms. The molecule has 136 valence electrons. The fourth-order valence-corrected chi connectivity index (χ4v) is 6.31. The predicted molar refractivity (Wildman–Crippen MR) is 113 cm³/mol. The van der Waals surface area contributed by atoms with Crippen LogP contribution in [0, 0.1) is 5.92 Å². The minimum atomic E-state index is -0.194. The number of rotatable bonds is 4. The molecule has 1 atom stereocenters. The Labute approximate surface area is 168 Å². The number of aromatic nitrogens is 2. The summed E-state index contributed by atoms with van der Waals surface area (Å²) in [6, 6.07) is 9.87. The van der Waals surface area contributed by atoms with Crippen LogP contribution in [-0.2, 0) is 10.5 Å². The van der Waals surface area contributed by atoms with Gasteiger partial charge in [-0.3, -0.25) is 4.79 Å². The Bertz CT molecular complexity index is 995. The SMILES string of the molecule is O=C1N=C(SCc2nnc(Nc3ccccc3)s2)N=C2SC3=C(CCC3)C12. The summed E-state index contributed by atoms with van der Waals surface area (Å²) >= 11 is 4.61. The number of para-hydroxylation sites is 1. The smallest absolute Gasteiger partial charge is 0.262 e. The van der Waals surface area contributed by atoms with Gasteiger partial charge >= 0.3 is 0 Å². The molecule has 1 aliphatic carbocycles. The van der Waals surface area contributed by atoms with E-state index in [1.165, 1.54) is 33.6 Å². The molecule has 1 unspecified atom stereocenters. The van der Waals surface area contributed by atoms with Crippen LogP contribution in [0.5, 0.6) is 0 Å². The van der Waals surface area contributed by atoms with Crippen molar-refractivity contribution in [1.82, 2.24) is 10.2 Å². The molecule has 0 fully saturated rings. The summed E-state index contributed by atoms with van der Waals surface area (Å²) in [5, 5.41) is 14.7. The first-order chi connectivity index (χ1) is 13.3. The largest absolute Gasteiger partial charge is 0.330 e. The number of nitrogens with zero attached hydrogens (tertiary/aromatic N) is 4. The summed E-state index contributed by atoms with van der Waals surface area (Å²) in [4.78, 5) is 22.7. The highest BCUT2D eigenvalue weighted by atomic mass is 32.2. The molecule has 3 aliphatic rings. The van der Waals surface area contributed by atoms with Crippen molar-refractivity contribution in [3.63, 3.8) is 0 Å². The van der Waals surface area contributed by atoms with Gasteiger partial charge in [-0.05, 0) is 41.9 Å². The molecule has 9 heteroatoms. The first kappa shape index (κ1) is 17.2. The number of thioether (sulfide) groups is 2. The summed E-state index contributed by atoms with van der Waals surface area (Å²) < 4.78 is 0. The van der Waals surface area contributed by atoms with Crippen molar-refractivity contribution >= 4 is 61.8 Å². The molecule has 0 bridgehead atoms. The van der Waals surface area contributed by atoms with Gasteiger partial charge in [-0.15, -0.1) is 10.2 Å². The van der Waals surface area contributed by atoms with Crippen molar-refractivity contribution < 1.29 is 4.79 Å². The van der Waals surface area contributed by atoms with Crippen LogP contribution in [-0.4, -0.2) is 26.3 Å². The Balaban J connectivity index is 1.23. The average molecular weight is 414 g/mol. The lowest BCUT2D eigenvalue weighted by molar-refractivity contribution is -0.118. The van der Waals surface area contributed by atoms with E-state index in [2.05, 4.69) is 25.5 Å². The number of allylic oxidation sites excluding steroid dienone is 1. The summed E-state index contributed by atoms with van der Waals surface area (Å²) in [6.07, 6.45) is 3.24. The summed E-state index contributed by atoms with van der Waals surface area (Å²) in [5.74, 6) is 0.338. The van der Waals surface area contributed by atoms with E-state index in [1.807, 2.05) is 30.3 Å². The molecular formula is C18H15N5OS3. The van der Waals surface area contributed by atoms with E-state index in [4.69, 9.17) is 0 Å². The van der Waals surface area contributed by atoms with E-state index in [0.717, 1.165) is 40.1 Å². The van der Waals surface area contributed by atoms with E-state index >= 15 is 0 Å². The number of aliphatic imine (C=N–C) groups is 2. The number of hydrogen-bond donors (Lipinski definition) is 1. The molecule has 3 heterocycles. The minimum Gasteiger partial charge on any atom is -0.330 e. The Morgan fingerprint density at radius 3 is 2.93 bits per heavy atom. The standard InChI is InChI=1S/C18H15N5OS3/c24-15-14-11-7-4-8-12(11)26-16(14)21-17(20-15)25-9-13-22-23-18(27-13)19-10-5-2-1-3-6-10/h1-3,5-6,14H,4,7-9H2,(H,19,23). The fraction of sp³-hybridized carbons (Fsp3) is 0.278. The second kappa shape index (κ2) is 7.21. The third-order valence-corrected chi connectivity index (χ3v) is 7.64. The highest BCUT2D eigenvalue weighted by Crippen LogP contribution is 2.49. The molecule has 1 aromatic heterocycles. The molecule has 27 heavy (non-hydrogen) atoms. The number of carbonyl (C=O) groups excluding carboxylic acids is 1. The van der Waals surface area contributed by atoms with Gasteiger partial charge in [-0.2, -0.15) is 4.99 Å². The highest BCUT2D eigenvalue weighted by molar-refractivity contribution is 8.18. The molecule has 5 rings (SSSR count). The van der Waals surface area contributed by atoms with Crippen LogP contribution < -0.4 is 5.32 Å². The number of amidine groups is 1. The summed E-state index contributed by atoms with van der Waals surface area (Å²) in [7, 11) is 0. The van der Waals surface area contributed by atoms with Gasteiger partial charge < -0.3 is 5.32 Å². The second-order valence-electron chi connectivity index (χ2n) is 6.30. The van der Waals surface area contributed by atoms with E-state index in [9.17, 15) is 4.79 Å². The topological polar surface area (TPSA) is 79.6 Å². The molecule has 1 aromatic carbocycles. The van der Waals surface area contributed by atoms with Gasteiger partial charge in [0.1, 0.15) is 10.9 Å². The molecule has 0 saturated heterocycles. The minimum absolute atomic E-state index is 0.0643. The van der Waals surface area contributed by atoms with E-state index in [-0.39, 0.29) is 11.8 Å². The monoisotopic (exact) mass is 413 g/mol. The second-order valence-corrected chi connectivity index (χ2v) is 9.42. The maximum absolute atomic E-state index is 12.5. The molecule has 0 saturated carbocycles. The summed E-state index contributed by atoms with van der Waals surface area (Å²) in [5.41, 5.74) is 2.24. The van der Waals surface area contributed by atoms with E-state index < -0.39 is 0 Å². The molecular weight excluding hydrogens is 398 g/mol. The lowest BCUT2D eigenvalue weighted by atomic mass is 9.98. The van der Waals surface area contributed by atoms with Crippen LogP contribution in [0.25, 0.3) is 0 Å². The Hall–Kier alpha value is -1.97. The van der Waals surface area contributed by atoms with Gasteiger partial charge in [0.2, 0.25) is 5.13 Å². The lowest BCUT2D eigenvalue weighted by Gasteiger charge is -2.15. The molecule has 1 N–H and O–H groups in total. The first-order valence-corrected chi connectivity index (χ1v) is 11.3. The molecule has 2 aliphatic heterocycles. The summed E-state index contributed by atoms with van der Waals surface area (Å²) in [6.45, 7) is 0. The maximum atomic E-state index is 12.5. The van der Waals surface area contributed by atoms with E-state index in [0.29, 0.717) is 10.9 Å². The molecule has 6 nitrogen and oxygen atoms in total. The zero-order valence-electron chi connectivity index (χ0n) is 14.2. The van der Waals surface area contributed by atoms with Crippen molar-refractivity contribution in [1.29, 1.82) is 0 Å². The van der Waals surface area contributed by atoms with Crippen molar-refractivity contribution in [3.05, 3.63) is 45.8 Å². The number of benzene rings is 1. The predicted octanol–water partition coefficient (Wildman–Crippen LogP) is 4.61. The van der Waals surface area contributed by atoms with Gasteiger partial charge in [-0.25, -0.2) is 4.99 Å². The number of nitrogens with one attached hydrogen (secondary N) is 1. The zero-order valence-corrected chi connectivity index (χ0v) is 16.7. The maximum Gasteiger partial charge on any atom is 0.262 e. The lowest BCUT2D eigenvalue weighted by Crippen LogP contribution is -2.24. The highest BCUT2D eigenvalue weighted by Gasteiger charge is 2.41. The quantitative estimate of drug-likeness (QED) is 0.788. The van der Waals surface area contributed by atoms with Crippen LogP contribution in [0.3, 0.4) is 0 Å². The Morgan fingerprint density at radius 1 is 1.15 bits per heavy atom. The van der Waals surface area contributed by atoms with Gasteiger partial charge in [0, 0.05) is 5.69 Å². The fourth-order valence-electron chi connectivity index (χ4n) is 3.31. The molecule has 0 radical (unpaired) electrons. The van der Waals surface area contributed by atoms with Crippen LogP contribution in [0.2, 0.25) is 0 Å². The van der Waals surface area contributed by atoms with Crippen LogP contribution in [0.15, 0.2) is 50.8 Å². The Morgan fingerprint density at radius 2 is 2.04 bits per heavy atom. The third-order valence-electron chi connectivity index (χ3n) is 4.51. The van der Waals surface area contributed by atoms with Crippen LogP contribution in [0.1, 0.15) is 24.3 Å². The average Bonchev–Trinajstić information content (AvgIpc) is 3.36. The zero-order chi connectivity index (χ0) is 18.2. The number of amides is 1. The first-order valence-electron chi connectivity index (χ1n) is 8.64. The Kier molecular flexibility index (Phi) is 4.58. The van der Waals surface area contributed by atoms with Crippen LogP contribution >= 0.6 is 34.9 Å². The van der Waals surface area contributed by atoms with Gasteiger partial charge in [-0.1, -0.05) is 53.1 Å². The van der Waals surface area contributed by atoms with Gasteiger partial charge in [0.15, 0.2) is 5.17 Å². The normalized spacial score (nSPS) is 21.0. The number of anilines is 2. The van der Waals surface area contributed by atoms with Gasteiger partial charge in [0.05, 0.1) is 10.8 Å². The van der Waals surface area contributed by atoms with Crippen molar-refractivity contribution in [3.8, 4) is 0 Å². The van der Waals surface area contributed by atoms with E-state index in [1.54, 1.807) is 11.8 Å².